The number of carbonyl (C=O) groups excluding carboxylic acids is 1. The van der Waals surface area contributed by atoms with Crippen LogP contribution in [-0.4, -0.2) is 34.8 Å². The van der Waals surface area contributed by atoms with Crippen molar-refractivity contribution in [3.8, 4) is 11.5 Å². The number of amides is 1. The molecule has 2 unspecified atom stereocenters. The van der Waals surface area contributed by atoms with Crippen molar-refractivity contribution in [2.75, 3.05) is 5.32 Å². The fourth-order valence-corrected chi connectivity index (χ4v) is 5.62. The molecule has 0 aliphatic carbocycles. The SMILES string of the molecule is Cc1cc(CC(=O)Nc2cnn(C(C)(C)C)c2)cc(F)c1Oc1ccnc2ccc(S(=O)C(C)c3cnccn3)cc12. The summed E-state index contributed by atoms with van der Waals surface area (Å²) in [6.45, 7) is 9.58. The maximum Gasteiger partial charge on any atom is 0.228 e. The molecule has 2 atom stereocenters. The molecule has 9 nitrogen and oxygen atoms in total. The minimum absolute atomic E-state index is 0.0178. The Morgan fingerprint density at radius 3 is 2.60 bits per heavy atom. The van der Waals surface area contributed by atoms with Gasteiger partial charge in [-0.15, -0.1) is 0 Å². The van der Waals surface area contributed by atoms with E-state index in [1.165, 1.54) is 6.07 Å². The van der Waals surface area contributed by atoms with Crippen molar-refractivity contribution in [1.29, 1.82) is 0 Å². The van der Waals surface area contributed by atoms with Crippen LogP contribution in [0.25, 0.3) is 10.9 Å². The second-order valence-electron chi connectivity index (χ2n) is 11.0. The van der Waals surface area contributed by atoms with Crippen molar-refractivity contribution >= 4 is 33.3 Å². The molecular formula is C31H31FN6O3S. The van der Waals surface area contributed by atoms with Gasteiger partial charge in [-0.1, -0.05) is 6.07 Å². The van der Waals surface area contributed by atoms with Crippen LogP contribution in [0.15, 0.2) is 78.5 Å². The Hall–Kier alpha value is -4.51. The second kappa shape index (κ2) is 11.8. The van der Waals surface area contributed by atoms with Crippen molar-refractivity contribution in [3.63, 3.8) is 0 Å². The lowest BCUT2D eigenvalue weighted by atomic mass is 10.1. The third-order valence-electron chi connectivity index (χ3n) is 6.65. The van der Waals surface area contributed by atoms with Gasteiger partial charge in [0, 0.05) is 41.3 Å². The molecule has 2 aromatic carbocycles. The number of halogens is 1. The van der Waals surface area contributed by atoms with Gasteiger partial charge in [-0.2, -0.15) is 5.10 Å². The summed E-state index contributed by atoms with van der Waals surface area (Å²) in [5, 5.41) is 7.30. The molecule has 42 heavy (non-hydrogen) atoms. The zero-order chi connectivity index (χ0) is 30.0. The molecule has 0 radical (unpaired) electrons. The Morgan fingerprint density at radius 1 is 1.10 bits per heavy atom. The van der Waals surface area contributed by atoms with Crippen LogP contribution >= 0.6 is 0 Å². The van der Waals surface area contributed by atoms with Crippen LogP contribution in [0, 0.1) is 12.7 Å². The van der Waals surface area contributed by atoms with Gasteiger partial charge in [0.2, 0.25) is 5.91 Å². The van der Waals surface area contributed by atoms with E-state index in [-0.39, 0.29) is 23.6 Å². The minimum atomic E-state index is -1.43. The molecule has 0 aliphatic rings. The molecule has 3 aromatic heterocycles. The highest BCUT2D eigenvalue weighted by Crippen LogP contribution is 2.35. The van der Waals surface area contributed by atoms with Gasteiger partial charge >= 0.3 is 0 Å². The molecular weight excluding hydrogens is 555 g/mol. The Balaban J connectivity index is 1.35. The second-order valence-corrected chi connectivity index (χ2v) is 12.7. The summed E-state index contributed by atoms with van der Waals surface area (Å²) in [5.41, 5.74) is 2.62. The number of hydrogen-bond donors (Lipinski definition) is 1. The van der Waals surface area contributed by atoms with E-state index in [0.717, 1.165) is 0 Å². The van der Waals surface area contributed by atoms with Crippen LogP contribution in [0.4, 0.5) is 10.1 Å². The van der Waals surface area contributed by atoms with Crippen molar-refractivity contribution in [2.45, 2.75) is 56.7 Å². The first-order chi connectivity index (χ1) is 20.0. The number of benzene rings is 2. The fourth-order valence-electron chi connectivity index (χ4n) is 4.44. The van der Waals surface area contributed by atoms with Crippen molar-refractivity contribution in [3.05, 3.63) is 96.2 Å². The van der Waals surface area contributed by atoms with E-state index in [2.05, 4.69) is 25.4 Å². The van der Waals surface area contributed by atoms with E-state index >= 15 is 4.39 Å². The number of carbonyl (C=O) groups is 1. The Kier molecular flexibility index (Phi) is 8.13. The van der Waals surface area contributed by atoms with E-state index in [1.54, 1.807) is 79.1 Å². The average Bonchev–Trinajstić information content (AvgIpc) is 3.43. The zero-order valence-electron chi connectivity index (χ0n) is 24.0. The number of hydrogen-bond acceptors (Lipinski definition) is 7. The lowest BCUT2D eigenvalue weighted by Crippen LogP contribution is -2.22. The molecule has 0 aliphatic heterocycles. The van der Waals surface area contributed by atoms with Gasteiger partial charge < -0.3 is 10.1 Å². The highest BCUT2D eigenvalue weighted by Gasteiger charge is 2.20. The maximum absolute atomic E-state index is 15.4. The lowest BCUT2D eigenvalue weighted by Gasteiger charge is -2.18. The molecule has 1 amide bonds. The third-order valence-corrected chi connectivity index (χ3v) is 8.25. The van der Waals surface area contributed by atoms with Crippen LogP contribution in [0.3, 0.4) is 0 Å². The Bertz CT molecular complexity index is 1760. The summed E-state index contributed by atoms with van der Waals surface area (Å²) in [6.07, 6.45) is 9.63. The van der Waals surface area contributed by atoms with Gasteiger partial charge in [0.05, 0.1) is 51.1 Å². The molecule has 5 rings (SSSR count). The quantitative estimate of drug-likeness (QED) is 0.228. The largest absolute Gasteiger partial charge is 0.453 e. The zero-order valence-corrected chi connectivity index (χ0v) is 24.8. The normalized spacial score (nSPS) is 13.1. The van der Waals surface area contributed by atoms with Crippen LogP contribution in [0.5, 0.6) is 11.5 Å². The summed E-state index contributed by atoms with van der Waals surface area (Å²) < 4.78 is 36.5. The number of anilines is 1. The van der Waals surface area contributed by atoms with Gasteiger partial charge in [0.15, 0.2) is 11.6 Å². The molecule has 0 fully saturated rings. The van der Waals surface area contributed by atoms with Crippen molar-refractivity contribution in [1.82, 2.24) is 24.7 Å². The first-order valence-electron chi connectivity index (χ1n) is 13.4. The molecule has 3 heterocycles. The van der Waals surface area contributed by atoms with E-state index in [4.69, 9.17) is 4.74 Å². The van der Waals surface area contributed by atoms with E-state index in [1.807, 2.05) is 27.7 Å². The van der Waals surface area contributed by atoms with Crippen LogP contribution < -0.4 is 10.1 Å². The number of pyridine rings is 1. The molecule has 5 aromatic rings. The Morgan fingerprint density at radius 2 is 1.90 bits per heavy atom. The number of ether oxygens (including phenoxy) is 1. The number of rotatable bonds is 8. The molecule has 0 saturated carbocycles. The van der Waals surface area contributed by atoms with E-state index in [9.17, 15) is 9.00 Å². The number of fused-ring (bicyclic) bond motifs is 1. The Labute approximate surface area is 245 Å². The summed E-state index contributed by atoms with van der Waals surface area (Å²) in [6, 6.07) is 9.92. The van der Waals surface area contributed by atoms with Gasteiger partial charge in [-0.3, -0.25) is 28.6 Å². The van der Waals surface area contributed by atoms with E-state index in [0.29, 0.717) is 44.1 Å². The predicted octanol–water partition coefficient (Wildman–Crippen LogP) is 6.27. The van der Waals surface area contributed by atoms with E-state index < -0.39 is 21.9 Å². The summed E-state index contributed by atoms with van der Waals surface area (Å²) in [5.74, 6) is -0.474. The lowest BCUT2D eigenvalue weighted by molar-refractivity contribution is -0.115. The number of nitrogens with zero attached hydrogens (tertiary/aromatic N) is 5. The van der Waals surface area contributed by atoms with Crippen LogP contribution in [0.1, 0.15) is 49.8 Å². The molecule has 0 bridgehead atoms. The molecule has 11 heteroatoms. The minimum Gasteiger partial charge on any atom is -0.453 e. The number of aryl methyl sites for hydroxylation is 1. The van der Waals surface area contributed by atoms with Crippen LogP contribution in [-0.2, 0) is 27.6 Å². The monoisotopic (exact) mass is 586 g/mol. The molecule has 216 valence electrons. The standard InChI is InChI=1S/C31H31FN6O3S/c1-19-12-21(14-29(39)37-22-16-36-38(18-22)31(3,4)5)13-25(32)30(19)41-28-8-9-34-26-7-6-23(15-24(26)28)42(40)20(2)27-17-33-10-11-35-27/h6-13,15-18,20H,14H2,1-5H3,(H,37,39). The third kappa shape index (κ3) is 6.36. The van der Waals surface area contributed by atoms with Crippen molar-refractivity contribution < 1.29 is 18.1 Å². The fraction of sp³-hybridized carbons (Fsp3) is 0.258. The predicted molar refractivity (Wildman–Crippen MR) is 159 cm³/mol. The molecule has 1 N–H and O–H groups in total. The van der Waals surface area contributed by atoms with Gasteiger partial charge in [-0.25, -0.2) is 4.39 Å². The highest BCUT2D eigenvalue weighted by molar-refractivity contribution is 7.85. The van der Waals surface area contributed by atoms with Gasteiger partial charge in [-0.05, 0) is 76.1 Å². The first kappa shape index (κ1) is 29.0. The summed E-state index contributed by atoms with van der Waals surface area (Å²) in [4.78, 5) is 26.0. The number of nitrogens with one attached hydrogen (secondary N) is 1. The maximum atomic E-state index is 15.4. The van der Waals surface area contributed by atoms with Gasteiger partial charge in [0.1, 0.15) is 5.75 Å². The average molecular weight is 587 g/mol. The molecule has 0 spiro atoms. The first-order valence-corrected chi connectivity index (χ1v) is 14.6. The summed E-state index contributed by atoms with van der Waals surface area (Å²) >= 11 is 0. The summed E-state index contributed by atoms with van der Waals surface area (Å²) in [7, 11) is -1.43. The molecule has 0 saturated heterocycles. The topological polar surface area (TPSA) is 112 Å². The smallest absolute Gasteiger partial charge is 0.228 e. The number of aromatic nitrogens is 5. The van der Waals surface area contributed by atoms with Gasteiger partial charge in [0.25, 0.3) is 0 Å². The highest BCUT2D eigenvalue weighted by atomic mass is 32.2. The van der Waals surface area contributed by atoms with Crippen LogP contribution in [0.2, 0.25) is 0 Å². The van der Waals surface area contributed by atoms with Crippen molar-refractivity contribution in [2.24, 2.45) is 0 Å².